The highest BCUT2D eigenvalue weighted by Gasteiger charge is 2.06. The third-order valence-electron chi connectivity index (χ3n) is 1.51. The lowest BCUT2D eigenvalue weighted by molar-refractivity contribution is 0.373. The van der Waals surface area contributed by atoms with Crippen molar-refractivity contribution in [3.63, 3.8) is 0 Å². The largest absolute Gasteiger partial charge is 0.243 e. The zero-order valence-electron chi connectivity index (χ0n) is 6.21. The quantitative estimate of drug-likeness (QED) is 0.602. The van der Waals surface area contributed by atoms with Crippen LogP contribution in [0.2, 0.25) is 0 Å². The van der Waals surface area contributed by atoms with Gasteiger partial charge in [-0.25, -0.2) is 4.39 Å². The Bertz CT molecular complexity index is 286. The molecule has 1 unspecified atom stereocenters. The standard InChI is InChI=1S/C9H8FN/c1-7(10)9-5-3-2-4-8(9)6-11/h2-5,7H,1H3. The van der Waals surface area contributed by atoms with Gasteiger partial charge in [-0.2, -0.15) is 5.26 Å². The van der Waals surface area contributed by atoms with Crippen molar-refractivity contribution in [2.24, 2.45) is 0 Å². The molecule has 0 aliphatic heterocycles. The van der Waals surface area contributed by atoms with Crippen molar-refractivity contribution < 1.29 is 4.39 Å². The molecule has 1 rings (SSSR count). The molecule has 0 bridgehead atoms. The zero-order valence-corrected chi connectivity index (χ0v) is 6.21. The van der Waals surface area contributed by atoms with Gasteiger partial charge in [0.05, 0.1) is 11.6 Å². The summed E-state index contributed by atoms with van der Waals surface area (Å²) in [6.07, 6.45) is -1.06. The summed E-state index contributed by atoms with van der Waals surface area (Å²) in [5.74, 6) is 0. The van der Waals surface area contributed by atoms with Gasteiger partial charge in [0.25, 0.3) is 0 Å². The fourth-order valence-electron chi connectivity index (χ4n) is 0.946. The Labute approximate surface area is 65.1 Å². The van der Waals surface area contributed by atoms with Gasteiger partial charge in [-0.3, -0.25) is 0 Å². The summed E-state index contributed by atoms with van der Waals surface area (Å²) < 4.78 is 12.7. The first-order chi connectivity index (χ1) is 5.25. The lowest BCUT2D eigenvalue weighted by Gasteiger charge is -2.02. The summed E-state index contributed by atoms with van der Waals surface area (Å²) in [5, 5.41) is 8.55. The van der Waals surface area contributed by atoms with E-state index in [2.05, 4.69) is 0 Å². The van der Waals surface area contributed by atoms with E-state index < -0.39 is 6.17 Å². The molecule has 0 aromatic heterocycles. The molecule has 1 aromatic rings. The number of alkyl halides is 1. The molecule has 1 nitrogen and oxygen atoms in total. The first kappa shape index (κ1) is 7.74. The second kappa shape index (κ2) is 3.16. The summed E-state index contributed by atoms with van der Waals surface area (Å²) in [7, 11) is 0. The number of nitriles is 1. The van der Waals surface area contributed by atoms with E-state index in [1.54, 1.807) is 24.3 Å². The Morgan fingerprint density at radius 2 is 2.09 bits per heavy atom. The fraction of sp³-hybridized carbons (Fsp3) is 0.222. The number of rotatable bonds is 1. The number of halogens is 1. The van der Waals surface area contributed by atoms with Gasteiger partial charge in [0.2, 0.25) is 0 Å². The average molecular weight is 149 g/mol. The minimum absolute atomic E-state index is 0.419. The van der Waals surface area contributed by atoms with E-state index in [0.717, 1.165) is 0 Å². The number of benzene rings is 1. The van der Waals surface area contributed by atoms with E-state index in [1.165, 1.54) is 6.92 Å². The van der Waals surface area contributed by atoms with Crippen molar-refractivity contribution in [3.8, 4) is 6.07 Å². The van der Waals surface area contributed by atoms with Crippen molar-refractivity contribution in [2.45, 2.75) is 13.1 Å². The molecule has 0 N–H and O–H groups in total. The van der Waals surface area contributed by atoms with Crippen LogP contribution in [0.25, 0.3) is 0 Å². The van der Waals surface area contributed by atoms with Crippen LogP contribution < -0.4 is 0 Å². The molecule has 0 radical (unpaired) electrons. The minimum atomic E-state index is -1.06. The summed E-state index contributed by atoms with van der Waals surface area (Å²) in [5.41, 5.74) is 0.887. The molecule has 0 spiro atoms. The molecule has 0 aliphatic rings. The predicted octanol–water partition coefficient (Wildman–Crippen LogP) is 2.59. The first-order valence-electron chi connectivity index (χ1n) is 3.39. The molecule has 0 fully saturated rings. The van der Waals surface area contributed by atoms with Crippen molar-refractivity contribution in [3.05, 3.63) is 35.4 Å². The van der Waals surface area contributed by atoms with E-state index in [-0.39, 0.29) is 0 Å². The highest BCUT2D eigenvalue weighted by Crippen LogP contribution is 2.19. The summed E-state index contributed by atoms with van der Waals surface area (Å²) in [6.45, 7) is 1.43. The van der Waals surface area contributed by atoms with E-state index in [4.69, 9.17) is 5.26 Å². The van der Waals surface area contributed by atoms with E-state index in [9.17, 15) is 4.39 Å². The maximum Gasteiger partial charge on any atom is 0.124 e. The van der Waals surface area contributed by atoms with Gasteiger partial charge >= 0.3 is 0 Å². The third kappa shape index (κ3) is 1.56. The van der Waals surface area contributed by atoms with E-state index >= 15 is 0 Å². The fourth-order valence-corrected chi connectivity index (χ4v) is 0.946. The lowest BCUT2D eigenvalue weighted by Crippen LogP contribution is -1.89. The summed E-state index contributed by atoms with van der Waals surface area (Å²) in [6, 6.07) is 8.64. The van der Waals surface area contributed by atoms with Crippen molar-refractivity contribution >= 4 is 0 Å². The van der Waals surface area contributed by atoms with Crippen LogP contribution in [0.1, 0.15) is 24.2 Å². The van der Waals surface area contributed by atoms with Gasteiger partial charge in [0.1, 0.15) is 6.17 Å². The zero-order chi connectivity index (χ0) is 8.27. The van der Waals surface area contributed by atoms with Crippen molar-refractivity contribution in [2.75, 3.05) is 0 Å². The molecule has 0 saturated carbocycles. The number of nitrogens with zero attached hydrogens (tertiary/aromatic N) is 1. The van der Waals surface area contributed by atoms with Crippen LogP contribution in [-0.4, -0.2) is 0 Å². The van der Waals surface area contributed by atoms with E-state index in [0.29, 0.717) is 11.1 Å². The van der Waals surface area contributed by atoms with Gasteiger partial charge in [-0.05, 0) is 13.0 Å². The van der Waals surface area contributed by atoms with Gasteiger partial charge in [0.15, 0.2) is 0 Å². The van der Waals surface area contributed by atoms with Crippen LogP contribution in [0.3, 0.4) is 0 Å². The molecule has 2 heteroatoms. The van der Waals surface area contributed by atoms with Gasteiger partial charge in [0, 0.05) is 5.56 Å². The minimum Gasteiger partial charge on any atom is -0.243 e. The van der Waals surface area contributed by atoms with Gasteiger partial charge < -0.3 is 0 Å². The Balaban J connectivity index is 3.15. The molecular weight excluding hydrogens is 141 g/mol. The topological polar surface area (TPSA) is 23.8 Å². The molecule has 11 heavy (non-hydrogen) atoms. The Morgan fingerprint density at radius 3 is 2.55 bits per heavy atom. The molecule has 56 valence electrons. The number of hydrogen-bond donors (Lipinski definition) is 0. The van der Waals surface area contributed by atoms with Gasteiger partial charge in [-0.15, -0.1) is 0 Å². The van der Waals surface area contributed by atoms with Crippen LogP contribution >= 0.6 is 0 Å². The summed E-state index contributed by atoms with van der Waals surface area (Å²) >= 11 is 0. The molecule has 1 atom stereocenters. The monoisotopic (exact) mass is 149 g/mol. The normalized spacial score (nSPS) is 12.1. The SMILES string of the molecule is CC(F)c1ccccc1C#N. The Kier molecular flexibility index (Phi) is 2.22. The first-order valence-corrected chi connectivity index (χ1v) is 3.39. The molecule has 0 amide bonds. The van der Waals surface area contributed by atoms with Crippen LogP contribution in [0.4, 0.5) is 4.39 Å². The second-order valence-electron chi connectivity index (χ2n) is 2.32. The smallest absolute Gasteiger partial charge is 0.124 e. The summed E-state index contributed by atoms with van der Waals surface area (Å²) in [4.78, 5) is 0. The Morgan fingerprint density at radius 1 is 1.45 bits per heavy atom. The Hall–Kier alpha value is -1.36. The van der Waals surface area contributed by atoms with Gasteiger partial charge in [-0.1, -0.05) is 18.2 Å². The third-order valence-corrected chi connectivity index (χ3v) is 1.51. The van der Waals surface area contributed by atoms with Crippen molar-refractivity contribution in [1.82, 2.24) is 0 Å². The molecule has 0 heterocycles. The molecule has 1 aromatic carbocycles. The second-order valence-corrected chi connectivity index (χ2v) is 2.32. The molecule has 0 aliphatic carbocycles. The van der Waals surface area contributed by atoms with Crippen LogP contribution in [0, 0.1) is 11.3 Å². The maximum absolute atomic E-state index is 12.7. The maximum atomic E-state index is 12.7. The highest BCUT2D eigenvalue weighted by molar-refractivity contribution is 5.38. The van der Waals surface area contributed by atoms with E-state index in [1.807, 2.05) is 6.07 Å². The van der Waals surface area contributed by atoms with Crippen LogP contribution in [-0.2, 0) is 0 Å². The number of hydrogen-bond acceptors (Lipinski definition) is 1. The molecule has 0 saturated heterocycles. The van der Waals surface area contributed by atoms with Crippen LogP contribution in [0.5, 0.6) is 0 Å². The highest BCUT2D eigenvalue weighted by atomic mass is 19.1. The predicted molar refractivity (Wildman–Crippen MR) is 40.7 cm³/mol. The van der Waals surface area contributed by atoms with Crippen molar-refractivity contribution in [1.29, 1.82) is 5.26 Å². The molecular formula is C9H8FN. The average Bonchev–Trinajstić information content (AvgIpc) is 2.04. The lowest BCUT2D eigenvalue weighted by atomic mass is 10.1. The van der Waals surface area contributed by atoms with Crippen LogP contribution in [0.15, 0.2) is 24.3 Å².